The van der Waals surface area contributed by atoms with E-state index in [4.69, 9.17) is 0 Å². The zero-order chi connectivity index (χ0) is 14.2. The van der Waals surface area contributed by atoms with Gasteiger partial charge in [-0.1, -0.05) is 18.2 Å². The van der Waals surface area contributed by atoms with Crippen LogP contribution in [0.2, 0.25) is 0 Å². The van der Waals surface area contributed by atoms with E-state index < -0.39 is 28.9 Å². The standard InChI is InChI=1S/C13H6BrF5/c14-12-7(3-1-4-8(12)13(17,18)19)11-9(15)5-2-6-10(11)16/h1-6H. The summed E-state index contributed by atoms with van der Waals surface area (Å²) in [6, 6.07) is 6.30. The minimum atomic E-state index is -4.60. The molecule has 0 nitrogen and oxygen atoms in total. The Labute approximate surface area is 114 Å². The molecule has 0 unspecified atom stereocenters. The normalized spacial score (nSPS) is 11.7. The van der Waals surface area contributed by atoms with Crippen molar-refractivity contribution in [2.75, 3.05) is 0 Å². The highest BCUT2D eigenvalue weighted by molar-refractivity contribution is 9.10. The molecule has 6 heteroatoms. The van der Waals surface area contributed by atoms with Gasteiger partial charge < -0.3 is 0 Å². The van der Waals surface area contributed by atoms with E-state index in [1.54, 1.807) is 0 Å². The molecule has 2 aromatic rings. The number of rotatable bonds is 1. The van der Waals surface area contributed by atoms with Gasteiger partial charge in [0.1, 0.15) is 11.6 Å². The molecule has 0 aliphatic carbocycles. The number of benzene rings is 2. The van der Waals surface area contributed by atoms with Crippen molar-refractivity contribution in [2.24, 2.45) is 0 Å². The van der Waals surface area contributed by atoms with Gasteiger partial charge in [0, 0.05) is 10.0 Å². The second-order valence-corrected chi connectivity index (χ2v) is 4.55. The van der Waals surface area contributed by atoms with E-state index >= 15 is 0 Å². The molecule has 2 aromatic carbocycles. The Morgan fingerprint density at radius 3 is 1.89 bits per heavy atom. The van der Waals surface area contributed by atoms with Crippen LogP contribution in [0.15, 0.2) is 40.9 Å². The SMILES string of the molecule is Fc1cccc(F)c1-c1cccc(C(F)(F)F)c1Br. The van der Waals surface area contributed by atoms with E-state index in [0.717, 1.165) is 30.3 Å². The van der Waals surface area contributed by atoms with Crippen LogP contribution in [-0.4, -0.2) is 0 Å². The van der Waals surface area contributed by atoms with Gasteiger partial charge in [-0.3, -0.25) is 0 Å². The molecule has 0 aliphatic rings. The fourth-order valence-corrected chi connectivity index (χ4v) is 2.39. The van der Waals surface area contributed by atoms with Gasteiger partial charge in [0.05, 0.1) is 11.1 Å². The van der Waals surface area contributed by atoms with Crippen LogP contribution in [0.1, 0.15) is 5.56 Å². The molecule has 0 saturated heterocycles. The quantitative estimate of drug-likeness (QED) is 0.610. The van der Waals surface area contributed by atoms with Crippen LogP contribution in [0, 0.1) is 11.6 Å². The summed E-state index contributed by atoms with van der Waals surface area (Å²) < 4.78 is 65.0. The number of hydrogen-bond acceptors (Lipinski definition) is 0. The van der Waals surface area contributed by atoms with Crippen molar-refractivity contribution >= 4 is 15.9 Å². The van der Waals surface area contributed by atoms with E-state index in [-0.39, 0.29) is 10.0 Å². The predicted molar refractivity (Wildman–Crippen MR) is 64.5 cm³/mol. The summed E-state index contributed by atoms with van der Waals surface area (Å²) in [5, 5.41) is 0. The molecule has 0 amide bonds. The summed E-state index contributed by atoms with van der Waals surface area (Å²) in [6.07, 6.45) is -4.60. The third kappa shape index (κ3) is 2.63. The van der Waals surface area contributed by atoms with Crippen molar-refractivity contribution in [1.29, 1.82) is 0 Å². The van der Waals surface area contributed by atoms with Gasteiger partial charge in [0.15, 0.2) is 0 Å². The van der Waals surface area contributed by atoms with Gasteiger partial charge in [0.2, 0.25) is 0 Å². The second-order valence-electron chi connectivity index (χ2n) is 3.76. The van der Waals surface area contributed by atoms with E-state index in [9.17, 15) is 22.0 Å². The maximum atomic E-state index is 13.6. The molecular formula is C13H6BrF5. The first kappa shape index (κ1) is 14.0. The van der Waals surface area contributed by atoms with Crippen LogP contribution < -0.4 is 0 Å². The van der Waals surface area contributed by atoms with Gasteiger partial charge in [-0.2, -0.15) is 13.2 Å². The lowest BCUT2D eigenvalue weighted by molar-refractivity contribution is -0.138. The molecule has 0 N–H and O–H groups in total. The zero-order valence-corrected chi connectivity index (χ0v) is 10.8. The highest BCUT2D eigenvalue weighted by Gasteiger charge is 2.34. The Bertz CT molecular complexity index is 599. The topological polar surface area (TPSA) is 0 Å². The monoisotopic (exact) mass is 336 g/mol. The molecule has 0 atom stereocenters. The summed E-state index contributed by atoms with van der Waals surface area (Å²) in [6.45, 7) is 0. The lowest BCUT2D eigenvalue weighted by atomic mass is 10.0. The summed E-state index contributed by atoms with van der Waals surface area (Å²) in [5.74, 6) is -1.83. The average Bonchev–Trinajstić information content (AvgIpc) is 2.29. The first-order chi connectivity index (χ1) is 8.82. The van der Waals surface area contributed by atoms with Gasteiger partial charge in [-0.25, -0.2) is 8.78 Å². The molecule has 0 aliphatic heterocycles. The minimum absolute atomic E-state index is 0.176. The minimum Gasteiger partial charge on any atom is -0.206 e. The van der Waals surface area contributed by atoms with Crippen LogP contribution in [0.3, 0.4) is 0 Å². The molecule has 100 valence electrons. The first-order valence-electron chi connectivity index (χ1n) is 5.12. The number of hydrogen-bond donors (Lipinski definition) is 0. The van der Waals surface area contributed by atoms with Crippen molar-refractivity contribution in [3.63, 3.8) is 0 Å². The Balaban J connectivity index is 2.71. The zero-order valence-electron chi connectivity index (χ0n) is 9.23. The van der Waals surface area contributed by atoms with Crippen LogP contribution in [0.4, 0.5) is 22.0 Å². The molecule has 19 heavy (non-hydrogen) atoms. The molecule has 0 spiro atoms. The Morgan fingerprint density at radius 1 is 0.842 bits per heavy atom. The molecule has 0 saturated carbocycles. The summed E-state index contributed by atoms with van der Waals surface area (Å²) in [4.78, 5) is 0. The van der Waals surface area contributed by atoms with Crippen molar-refractivity contribution in [3.8, 4) is 11.1 Å². The highest BCUT2D eigenvalue weighted by atomic mass is 79.9. The van der Waals surface area contributed by atoms with Gasteiger partial charge in [-0.05, 0) is 34.1 Å². The fourth-order valence-electron chi connectivity index (χ4n) is 1.70. The maximum absolute atomic E-state index is 13.6. The van der Waals surface area contributed by atoms with Crippen LogP contribution in [-0.2, 0) is 6.18 Å². The first-order valence-corrected chi connectivity index (χ1v) is 5.91. The van der Waals surface area contributed by atoms with Crippen LogP contribution in [0.25, 0.3) is 11.1 Å². The van der Waals surface area contributed by atoms with Gasteiger partial charge in [-0.15, -0.1) is 0 Å². The Morgan fingerprint density at radius 2 is 1.37 bits per heavy atom. The van der Waals surface area contributed by atoms with Crippen LogP contribution in [0.5, 0.6) is 0 Å². The summed E-state index contributed by atoms with van der Waals surface area (Å²) >= 11 is 2.77. The lowest BCUT2D eigenvalue weighted by Crippen LogP contribution is -2.06. The summed E-state index contributed by atoms with van der Waals surface area (Å²) in [5.41, 5.74) is -1.64. The molecule has 0 heterocycles. The fraction of sp³-hybridized carbons (Fsp3) is 0.0769. The number of alkyl halides is 3. The molecule has 0 fully saturated rings. The van der Waals surface area contributed by atoms with Gasteiger partial charge in [0.25, 0.3) is 0 Å². The average molecular weight is 337 g/mol. The van der Waals surface area contributed by atoms with Crippen molar-refractivity contribution in [3.05, 3.63) is 58.1 Å². The smallest absolute Gasteiger partial charge is 0.206 e. The van der Waals surface area contributed by atoms with Crippen molar-refractivity contribution in [1.82, 2.24) is 0 Å². The van der Waals surface area contributed by atoms with Crippen LogP contribution >= 0.6 is 15.9 Å². The van der Waals surface area contributed by atoms with Gasteiger partial charge >= 0.3 is 6.18 Å². The number of halogens is 6. The Kier molecular flexibility index (Phi) is 3.62. The van der Waals surface area contributed by atoms with E-state index in [1.165, 1.54) is 6.07 Å². The largest absolute Gasteiger partial charge is 0.417 e. The van der Waals surface area contributed by atoms with Crippen molar-refractivity contribution < 1.29 is 22.0 Å². The lowest BCUT2D eigenvalue weighted by Gasteiger charge is -2.13. The predicted octanol–water partition coefficient (Wildman–Crippen LogP) is 5.41. The Hall–Kier alpha value is -1.43. The second kappa shape index (κ2) is 4.92. The van der Waals surface area contributed by atoms with Crippen molar-refractivity contribution in [2.45, 2.75) is 6.18 Å². The molecular weight excluding hydrogens is 331 g/mol. The van der Waals surface area contributed by atoms with E-state index in [1.807, 2.05) is 0 Å². The molecule has 0 aromatic heterocycles. The third-order valence-electron chi connectivity index (χ3n) is 2.54. The van der Waals surface area contributed by atoms with E-state index in [2.05, 4.69) is 15.9 Å². The maximum Gasteiger partial charge on any atom is 0.417 e. The summed E-state index contributed by atoms with van der Waals surface area (Å²) in [7, 11) is 0. The van der Waals surface area contributed by atoms with E-state index in [0.29, 0.717) is 0 Å². The molecule has 0 bridgehead atoms. The highest BCUT2D eigenvalue weighted by Crippen LogP contribution is 2.41. The molecule has 2 rings (SSSR count). The third-order valence-corrected chi connectivity index (χ3v) is 3.39. The molecule has 0 radical (unpaired) electrons.